The van der Waals surface area contributed by atoms with Crippen molar-refractivity contribution < 1.29 is 19.0 Å². The van der Waals surface area contributed by atoms with E-state index < -0.39 is 0 Å². The highest BCUT2D eigenvalue weighted by atomic mass is 16.5. The van der Waals surface area contributed by atoms with Crippen molar-refractivity contribution >= 4 is 5.78 Å². The first-order valence-electron chi connectivity index (χ1n) is 6.65. The Labute approximate surface area is 121 Å². The molecule has 0 saturated carbocycles. The molecule has 0 aliphatic heterocycles. The minimum atomic E-state index is -0.305. The number of ketones is 1. The first-order valence-corrected chi connectivity index (χ1v) is 6.65. The normalized spacial score (nSPS) is 11.1. The zero-order valence-electron chi connectivity index (χ0n) is 13.2. The molecule has 0 bridgehead atoms. The van der Waals surface area contributed by atoms with E-state index in [1.54, 1.807) is 21.3 Å². The van der Waals surface area contributed by atoms with Gasteiger partial charge in [0.05, 0.1) is 21.3 Å². The molecule has 1 aromatic carbocycles. The molecule has 4 nitrogen and oxygen atoms in total. The predicted octanol–water partition coefficient (Wildman–Crippen LogP) is 3.26. The van der Waals surface area contributed by atoms with Crippen LogP contribution in [0.2, 0.25) is 0 Å². The maximum Gasteiger partial charge on any atom is 0.203 e. The summed E-state index contributed by atoms with van der Waals surface area (Å²) >= 11 is 0. The van der Waals surface area contributed by atoms with Gasteiger partial charge in [0.2, 0.25) is 5.75 Å². The van der Waals surface area contributed by atoms with E-state index in [4.69, 9.17) is 14.2 Å². The van der Waals surface area contributed by atoms with Crippen molar-refractivity contribution in [3.8, 4) is 17.2 Å². The van der Waals surface area contributed by atoms with Crippen LogP contribution in [0.3, 0.4) is 0 Å². The molecule has 0 aromatic heterocycles. The predicted molar refractivity (Wildman–Crippen MR) is 78.9 cm³/mol. The smallest absolute Gasteiger partial charge is 0.203 e. The van der Waals surface area contributed by atoms with E-state index >= 15 is 0 Å². The van der Waals surface area contributed by atoms with Crippen molar-refractivity contribution in [1.82, 2.24) is 0 Å². The third kappa shape index (κ3) is 3.89. The monoisotopic (exact) mass is 280 g/mol. The topological polar surface area (TPSA) is 44.8 Å². The van der Waals surface area contributed by atoms with Crippen LogP contribution >= 0.6 is 0 Å². The number of benzene rings is 1. The Bertz CT molecular complexity index is 447. The highest BCUT2D eigenvalue weighted by Gasteiger charge is 2.21. The minimum Gasteiger partial charge on any atom is -0.493 e. The van der Waals surface area contributed by atoms with Crippen LogP contribution in [0.1, 0.15) is 32.8 Å². The van der Waals surface area contributed by atoms with E-state index in [1.807, 2.05) is 32.9 Å². The first kappa shape index (κ1) is 16.3. The second-order valence-corrected chi connectivity index (χ2v) is 5.71. The van der Waals surface area contributed by atoms with Crippen molar-refractivity contribution in [3.05, 3.63) is 17.7 Å². The molecule has 112 valence electrons. The Morgan fingerprint density at radius 1 is 1.00 bits per heavy atom. The number of aryl methyl sites for hydroxylation is 1. The molecule has 0 saturated heterocycles. The highest BCUT2D eigenvalue weighted by molar-refractivity contribution is 5.83. The molecule has 4 heteroatoms. The van der Waals surface area contributed by atoms with Crippen molar-refractivity contribution in [1.29, 1.82) is 0 Å². The van der Waals surface area contributed by atoms with Crippen molar-refractivity contribution in [2.24, 2.45) is 5.41 Å². The van der Waals surface area contributed by atoms with Crippen LogP contribution in [-0.4, -0.2) is 27.1 Å². The lowest BCUT2D eigenvalue weighted by Gasteiger charge is -2.17. The molecule has 0 aliphatic rings. The largest absolute Gasteiger partial charge is 0.493 e. The van der Waals surface area contributed by atoms with E-state index in [2.05, 4.69) is 0 Å². The Balaban J connectivity index is 2.94. The summed E-state index contributed by atoms with van der Waals surface area (Å²) < 4.78 is 15.9. The number of carbonyl (C=O) groups is 1. The molecular formula is C16H24O4. The maximum absolute atomic E-state index is 12.0. The number of ether oxygens (including phenoxy) is 3. The molecule has 0 heterocycles. The molecule has 20 heavy (non-hydrogen) atoms. The van der Waals surface area contributed by atoms with Crippen LogP contribution in [0.15, 0.2) is 12.1 Å². The summed E-state index contributed by atoms with van der Waals surface area (Å²) in [6, 6.07) is 3.77. The summed E-state index contributed by atoms with van der Waals surface area (Å²) in [6.07, 6.45) is 1.16. The van der Waals surface area contributed by atoms with E-state index in [9.17, 15) is 4.79 Å². The van der Waals surface area contributed by atoms with Crippen LogP contribution in [0, 0.1) is 5.41 Å². The summed E-state index contributed by atoms with van der Waals surface area (Å²) in [7, 11) is 4.74. The SMILES string of the molecule is COc1cc(CCC(=O)C(C)(C)C)cc(OC)c1OC. The van der Waals surface area contributed by atoms with Gasteiger partial charge in [0.15, 0.2) is 11.5 Å². The van der Waals surface area contributed by atoms with Crippen molar-refractivity contribution in [2.45, 2.75) is 33.6 Å². The number of carbonyl (C=O) groups excluding carboxylic acids is 1. The molecular weight excluding hydrogens is 256 g/mol. The molecule has 0 N–H and O–H groups in total. The molecule has 0 aliphatic carbocycles. The summed E-state index contributed by atoms with van der Waals surface area (Å²) in [5, 5.41) is 0. The van der Waals surface area contributed by atoms with Gasteiger partial charge >= 0.3 is 0 Å². The second-order valence-electron chi connectivity index (χ2n) is 5.71. The molecule has 0 fully saturated rings. The van der Waals surface area contributed by atoms with Gasteiger partial charge in [-0.25, -0.2) is 0 Å². The molecule has 0 radical (unpaired) electrons. The van der Waals surface area contributed by atoms with Gasteiger partial charge in [-0.15, -0.1) is 0 Å². The summed E-state index contributed by atoms with van der Waals surface area (Å²) in [6.45, 7) is 5.81. The highest BCUT2D eigenvalue weighted by Crippen LogP contribution is 2.38. The number of methoxy groups -OCH3 is 3. The molecule has 1 rings (SSSR count). The Kier molecular flexibility index (Phi) is 5.43. The van der Waals surface area contributed by atoms with Crippen molar-refractivity contribution in [2.75, 3.05) is 21.3 Å². The van der Waals surface area contributed by atoms with E-state index in [-0.39, 0.29) is 11.2 Å². The fourth-order valence-corrected chi connectivity index (χ4v) is 1.91. The van der Waals surface area contributed by atoms with Gasteiger partial charge < -0.3 is 14.2 Å². The summed E-state index contributed by atoms with van der Waals surface area (Å²) in [5.41, 5.74) is 0.692. The van der Waals surface area contributed by atoms with E-state index in [0.717, 1.165) is 5.56 Å². The van der Waals surface area contributed by atoms with Gasteiger partial charge in [-0.3, -0.25) is 4.79 Å². The maximum atomic E-state index is 12.0. The number of hydrogen-bond donors (Lipinski definition) is 0. The van der Waals surface area contributed by atoms with Crippen LogP contribution < -0.4 is 14.2 Å². The van der Waals surface area contributed by atoms with Crippen LogP contribution in [0.25, 0.3) is 0 Å². The number of rotatable bonds is 6. The minimum absolute atomic E-state index is 0.242. The van der Waals surface area contributed by atoms with Crippen LogP contribution in [0.5, 0.6) is 17.2 Å². The van der Waals surface area contributed by atoms with Gasteiger partial charge in [0.25, 0.3) is 0 Å². The molecule has 1 aromatic rings. The fourth-order valence-electron chi connectivity index (χ4n) is 1.91. The Morgan fingerprint density at radius 2 is 1.50 bits per heavy atom. The van der Waals surface area contributed by atoms with Crippen molar-refractivity contribution in [3.63, 3.8) is 0 Å². The fraction of sp³-hybridized carbons (Fsp3) is 0.562. The summed E-state index contributed by atoms with van der Waals surface area (Å²) in [5.74, 6) is 2.04. The second kappa shape index (κ2) is 6.64. The van der Waals surface area contributed by atoms with Gasteiger partial charge in [0.1, 0.15) is 5.78 Å². The number of hydrogen-bond acceptors (Lipinski definition) is 4. The number of Topliss-reactive ketones (excluding diaryl/α,β-unsaturated/α-hetero) is 1. The van der Waals surface area contributed by atoms with E-state index in [1.165, 1.54) is 0 Å². The quantitative estimate of drug-likeness (QED) is 0.802. The average Bonchev–Trinajstić information content (AvgIpc) is 2.42. The van der Waals surface area contributed by atoms with E-state index in [0.29, 0.717) is 30.1 Å². The van der Waals surface area contributed by atoms with Gasteiger partial charge in [-0.05, 0) is 24.1 Å². The zero-order chi connectivity index (χ0) is 15.3. The molecule has 0 spiro atoms. The Hall–Kier alpha value is -1.71. The Morgan fingerprint density at radius 3 is 1.85 bits per heavy atom. The first-order chi connectivity index (χ1) is 9.33. The van der Waals surface area contributed by atoms with Crippen LogP contribution in [-0.2, 0) is 11.2 Å². The lowest BCUT2D eigenvalue weighted by Crippen LogP contribution is -2.20. The van der Waals surface area contributed by atoms with Gasteiger partial charge in [0, 0.05) is 11.8 Å². The van der Waals surface area contributed by atoms with Gasteiger partial charge in [-0.1, -0.05) is 20.8 Å². The van der Waals surface area contributed by atoms with Crippen LogP contribution in [0.4, 0.5) is 0 Å². The standard InChI is InChI=1S/C16H24O4/c1-16(2,3)14(17)8-7-11-9-12(18-4)15(20-6)13(10-11)19-5/h9-10H,7-8H2,1-6H3. The lowest BCUT2D eigenvalue weighted by atomic mass is 9.87. The molecule has 0 amide bonds. The lowest BCUT2D eigenvalue weighted by molar-refractivity contribution is -0.126. The third-order valence-corrected chi connectivity index (χ3v) is 3.20. The average molecular weight is 280 g/mol. The molecule has 0 atom stereocenters. The summed E-state index contributed by atoms with van der Waals surface area (Å²) in [4.78, 5) is 12.0. The van der Waals surface area contributed by atoms with Gasteiger partial charge in [-0.2, -0.15) is 0 Å². The zero-order valence-corrected chi connectivity index (χ0v) is 13.2. The molecule has 0 unspecified atom stereocenters. The third-order valence-electron chi connectivity index (χ3n) is 3.20.